The van der Waals surface area contributed by atoms with Gasteiger partial charge >= 0.3 is 0 Å². The Bertz CT molecular complexity index is 1160. The molecule has 0 aliphatic carbocycles. The Morgan fingerprint density at radius 2 is 1.67 bits per heavy atom. The van der Waals surface area contributed by atoms with Crippen molar-refractivity contribution in [3.63, 3.8) is 0 Å². The second-order valence-electron chi connectivity index (χ2n) is 9.50. The molecule has 0 unspecified atom stereocenters. The molecule has 3 aromatic carbocycles. The van der Waals surface area contributed by atoms with Crippen molar-refractivity contribution in [3.8, 4) is 5.75 Å². The third kappa shape index (κ3) is 7.45. The molecule has 0 bridgehead atoms. The summed E-state index contributed by atoms with van der Waals surface area (Å²) in [6, 6.07) is 23.1. The van der Waals surface area contributed by atoms with E-state index in [1.165, 1.54) is 0 Å². The van der Waals surface area contributed by atoms with Crippen LogP contribution >= 0.6 is 0 Å². The van der Waals surface area contributed by atoms with E-state index in [9.17, 15) is 9.59 Å². The average molecular weight is 487 g/mol. The SMILES string of the molecule is CC[C@H](C)NC(=O)[C@@H](Cc1ccccc1)N(Cc1cccc(OC)c1)C(=O)Cc1cc(C)ccc1C. The largest absolute Gasteiger partial charge is 0.497 e. The maximum absolute atomic E-state index is 13.9. The third-order valence-electron chi connectivity index (χ3n) is 6.61. The first-order valence-electron chi connectivity index (χ1n) is 12.6. The fourth-order valence-corrected chi connectivity index (χ4v) is 4.22. The molecule has 0 aromatic heterocycles. The first-order chi connectivity index (χ1) is 17.3. The zero-order valence-corrected chi connectivity index (χ0v) is 22.1. The van der Waals surface area contributed by atoms with E-state index in [1.54, 1.807) is 12.0 Å². The number of hydrogen-bond donors (Lipinski definition) is 1. The fraction of sp³-hybridized carbons (Fsp3) is 0.355. The Kier molecular flexibility index (Phi) is 9.69. The Balaban J connectivity index is 2.01. The summed E-state index contributed by atoms with van der Waals surface area (Å²) in [6.07, 6.45) is 1.49. The fourth-order valence-electron chi connectivity index (χ4n) is 4.22. The molecule has 36 heavy (non-hydrogen) atoms. The van der Waals surface area contributed by atoms with Gasteiger partial charge < -0.3 is 15.0 Å². The number of amides is 2. The maximum Gasteiger partial charge on any atom is 0.243 e. The van der Waals surface area contributed by atoms with E-state index in [0.717, 1.165) is 40.0 Å². The van der Waals surface area contributed by atoms with E-state index in [-0.39, 0.29) is 24.3 Å². The van der Waals surface area contributed by atoms with Gasteiger partial charge in [0, 0.05) is 19.0 Å². The summed E-state index contributed by atoms with van der Waals surface area (Å²) < 4.78 is 5.41. The molecular weight excluding hydrogens is 448 g/mol. The zero-order valence-electron chi connectivity index (χ0n) is 22.1. The lowest BCUT2D eigenvalue weighted by Crippen LogP contribution is -2.52. The van der Waals surface area contributed by atoms with E-state index < -0.39 is 6.04 Å². The summed E-state index contributed by atoms with van der Waals surface area (Å²) in [4.78, 5) is 29.3. The Hall–Kier alpha value is -3.60. The van der Waals surface area contributed by atoms with Crippen LogP contribution in [0, 0.1) is 13.8 Å². The number of hydrogen-bond acceptors (Lipinski definition) is 3. The standard InChI is InChI=1S/C31H38N2O3/c1-6-24(4)32-31(35)29(19-25-11-8-7-9-12-25)33(21-26-13-10-14-28(18-26)36-5)30(34)20-27-17-22(2)15-16-23(27)3/h7-18,24,29H,6,19-21H2,1-5H3,(H,32,35)/t24-,29+/m0/s1. The topological polar surface area (TPSA) is 58.6 Å². The van der Waals surface area contributed by atoms with Crippen LogP contribution in [0.5, 0.6) is 5.75 Å². The van der Waals surface area contributed by atoms with E-state index in [0.29, 0.717) is 13.0 Å². The van der Waals surface area contributed by atoms with Crippen molar-refractivity contribution >= 4 is 11.8 Å². The van der Waals surface area contributed by atoms with Crippen molar-refractivity contribution in [2.75, 3.05) is 7.11 Å². The normalized spacial score (nSPS) is 12.5. The molecule has 1 N–H and O–H groups in total. The van der Waals surface area contributed by atoms with Gasteiger partial charge in [-0.2, -0.15) is 0 Å². The van der Waals surface area contributed by atoms with Gasteiger partial charge in [-0.1, -0.05) is 73.2 Å². The van der Waals surface area contributed by atoms with Crippen LogP contribution in [-0.2, 0) is 29.0 Å². The van der Waals surface area contributed by atoms with Gasteiger partial charge in [0.25, 0.3) is 0 Å². The molecule has 0 heterocycles. The van der Waals surface area contributed by atoms with E-state index >= 15 is 0 Å². The molecule has 0 aliphatic heterocycles. The smallest absolute Gasteiger partial charge is 0.243 e. The van der Waals surface area contributed by atoms with Crippen LogP contribution in [0.1, 0.15) is 48.1 Å². The second-order valence-corrected chi connectivity index (χ2v) is 9.50. The summed E-state index contributed by atoms with van der Waals surface area (Å²) >= 11 is 0. The second kappa shape index (κ2) is 12.9. The monoisotopic (exact) mass is 486 g/mol. The molecule has 0 aliphatic rings. The number of nitrogens with zero attached hydrogens (tertiary/aromatic N) is 1. The molecule has 5 heteroatoms. The zero-order chi connectivity index (χ0) is 26.1. The number of carbonyl (C=O) groups excluding carboxylic acids is 2. The van der Waals surface area contributed by atoms with Gasteiger partial charge in [0.1, 0.15) is 11.8 Å². The number of nitrogens with one attached hydrogen (secondary N) is 1. The summed E-state index contributed by atoms with van der Waals surface area (Å²) in [5.41, 5.74) is 5.09. The lowest BCUT2D eigenvalue weighted by Gasteiger charge is -2.32. The summed E-state index contributed by atoms with van der Waals surface area (Å²) in [5, 5.41) is 3.12. The average Bonchev–Trinajstić information content (AvgIpc) is 2.88. The van der Waals surface area contributed by atoms with E-state index in [4.69, 9.17) is 4.74 Å². The highest BCUT2D eigenvalue weighted by Crippen LogP contribution is 2.21. The molecule has 2 atom stereocenters. The Morgan fingerprint density at radius 1 is 0.944 bits per heavy atom. The highest BCUT2D eigenvalue weighted by molar-refractivity contribution is 5.89. The quantitative estimate of drug-likeness (QED) is 0.394. The minimum absolute atomic E-state index is 0.0172. The molecule has 3 aromatic rings. The number of carbonyl (C=O) groups is 2. The van der Waals surface area contributed by atoms with Crippen molar-refractivity contribution < 1.29 is 14.3 Å². The maximum atomic E-state index is 13.9. The molecular formula is C31H38N2O3. The first kappa shape index (κ1) is 27.0. The van der Waals surface area contributed by atoms with Gasteiger partial charge in [-0.3, -0.25) is 9.59 Å². The van der Waals surface area contributed by atoms with Gasteiger partial charge in [-0.05, 0) is 61.6 Å². The van der Waals surface area contributed by atoms with Crippen LogP contribution in [0.3, 0.4) is 0 Å². The van der Waals surface area contributed by atoms with Crippen LogP contribution < -0.4 is 10.1 Å². The number of methoxy groups -OCH3 is 1. The lowest BCUT2D eigenvalue weighted by molar-refractivity contribution is -0.141. The number of ether oxygens (including phenoxy) is 1. The highest BCUT2D eigenvalue weighted by Gasteiger charge is 2.31. The van der Waals surface area contributed by atoms with Gasteiger partial charge in [-0.25, -0.2) is 0 Å². The van der Waals surface area contributed by atoms with Gasteiger partial charge in [0.05, 0.1) is 13.5 Å². The molecule has 5 nitrogen and oxygen atoms in total. The predicted octanol–water partition coefficient (Wildman–Crippen LogP) is 5.41. The molecule has 0 radical (unpaired) electrons. The molecule has 3 rings (SSSR count). The third-order valence-corrected chi connectivity index (χ3v) is 6.61. The van der Waals surface area contributed by atoms with Crippen molar-refractivity contribution in [2.24, 2.45) is 0 Å². The minimum atomic E-state index is -0.648. The molecule has 0 saturated heterocycles. The van der Waals surface area contributed by atoms with Crippen LogP contribution in [0.25, 0.3) is 0 Å². The van der Waals surface area contributed by atoms with Crippen LogP contribution in [0.2, 0.25) is 0 Å². The molecule has 0 saturated carbocycles. The Labute approximate surface area is 215 Å². The molecule has 0 spiro atoms. The van der Waals surface area contributed by atoms with Crippen LogP contribution in [-0.4, -0.2) is 35.9 Å². The van der Waals surface area contributed by atoms with Crippen LogP contribution in [0.15, 0.2) is 72.8 Å². The van der Waals surface area contributed by atoms with Crippen molar-refractivity contribution in [2.45, 2.75) is 65.6 Å². The van der Waals surface area contributed by atoms with E-state index in [2.05, 4.69) is 17.4 Å². The lowest BCUT2D eigenvalue weighted by atomic mass is 9.99. The van der Waals surface area contributed by atoms with Gasteiger partial charge in [0.15, 0.2) is 0 Å². The van der Waals surface area contributed by atoms with Crippen LogP contribution in [0.4, 0.5) is 0 Å². The van der Waals surface area contributed by atoms with Gasteiger partial charge in [0.2, 0.25) is 11.8 Å². The predicted molar refractivity (Wildman–Crippen MR) is 145 cm³/mol. The highest BCUT2D eigenvalue weighted by atomic mass is 16.5. The number of benzene rings is 3. The number of rotatable bonds is 11. The first-order valence-corrected chi connectivity index (χ1v) is 12.6. The van der Waals surface area contributed by atoms with Crippen molar-refractivity contribution in [1.82, 2.24) is 10.2 Å². The Morgan fingerprint density at radius 3 is 2.36 bits per heavy atom. The molecule has 0 fully saturated rings. The minimum Gasteiger partial charge on any atom is -0.497 e. The summed E-state index contributed by atoms with van der Waals surface area (Å²) in [5.74, 6) is 0.509. The number of aryl methyl sites for hydroxylation is 2. The molecule has 190 valence electrons. The summed E-state index contributed by atoms with van der Waals surface area (Å²) in [6.45, 7) is 8.38. The molecule has 2 amide bonds. The van der Waals surface area contributed by atoms with Crippen molar-refractivity contribution in [3.05, 3.63) is 101 Å². The van der Waals surface area contributed by atoms with Crippen molar-refractivity contribution in [1.29, 1.82) is 0 Å². The van der Waals surface area contributed by atoms with E-state index in [1.807, 2.05) is 88.4 Å². The summed E-state index contributed by atoms with van der Waals surface area (Å²) in [7, 11) is 1.63. The van der Waals surface area contributed by atoms with Gasteiger partial charge in [-0.15, -0.1) is 0 Å².